The van der Waals surface area contributed by atoms with Crippen LogP contribution in [-0.2, 0) is 0 Å². The Bertz CT molecular complexity index is 664. The third-order valence-electron chi connectivity index (χ3n) is 3.22. The largest absolute Gasteiger partial charge is 0.382 e. The second kappa shape index (κ2) is 12.0. The Kier molecular flexibility index (Phi) is 10.9. The summed E-state index contributed by atoms with van der Waals surface area (Å²) >= 11 is 6.11. The molecule has 4 N–H and O–H groups in total. The van der Waals surface area contributed by atoms with Gasteiger partial charge in [0, 0.05) is 5.56 Å². The van der Waals surface area contributed by atoms with E-state index in [1.165, 1.54) is 6.07 Å². The fraction of sp³-hybridized carbons (Fsp3) is 0.300. The summed E-state index contributed by atoms with van der Waals surface area (Å²) in [5, 5.41) is 8.18. The van der Waals surface area contributed by atoms with Crippen molar-refractivity contribution in [2.24, 2.45) is 21.7 Å². The van der Waals surface area contributed by atoms with E-state index in [9.17, 15) is 4.39 Å². The zero-order chi connectivity index (χ0) is 20.3. The minimum atomic E-state index is -0.455. The van der Waals surface area contributed by atoms with Gasteiger partial charge in [-0.05, 0) is 37.1 Å². The van der Waals surface area contributed by atoms with Gasteiger partial charge < -0.3 is 11.5 Å². The summed E-state index contributed by atoms with van der Waals surface area (Å²) in [6.45, 7) is 11.6. The van der Waals surface area contributed by atoms with E-state index in [1.807, 2.05) is 46.8 Å². The van der Waals surface area contributed by atoms with Crippen LogP contribution in [0.2, 0.25) is 5.02 Å². The van der Waals surface area contributed by atoms with Gasteiger partial charge in [-0.3, -0.25) is 0 Å². The summed E-state index contributed by atoms with van der Waals surface area (Å²) in [4.78, 5) is 0. The summed E-state index contributed by atoms with van der Waals surface area (Å²) in [6, 6.07) is 10.0. The van der Waals surface area contributed by atoms with Crippen LogP contribution < -0.4 is 11.5 Å². The van der Waals surface area contributed by atoms with Crippen molar-refractivity contribution in [3.8, 4) is 0 Å². The smallest absolute Gasteiger partial charge is 0.156 e. The number of amidine groups is 2. The molecule has 0 atom stereocenters. The molecule has 0 aliphatic rings. The maximum atomic E-state index is 13.8. The summed E-state index contributed by atoms with van der Waals surface area (Å²) in [5.74, 6) is -0.368. The Morgan fingerprint density at radius 3 is 1.69 bits per heavy atom. The molecule has 4 nitrogen and oxygen atoms in total. The van der Waals surface area contributed by atoms with Crippen molar-refractivity contribution in [2.45, 2.75) is 41.5 Å². The molecule has 0 heterocycles. The molecule has 6 heteroatoms. The number of benzene rings is 2. The highest BCUT2D eigenvalue weighted by Gasteiger charge is 2.11. The van der Waals surface area contributed by atoms with Crippen molar-refractivity contribution < 1.29 is 4.39 Å². The monoisotopic (exact) mass is 378 g/mol. The lowest BCUT2D eigenvalue weighted by Gasteiger charge is -2.07. The number of rotatable bonds is 3. The lowest BCUT2D eigenvalue weighted by molar-refractivity contribution is 0.623. The average Bonchev–Trinajstić information content (AvgIpc) is 2.63. The topological polar surface area (TPSA) is 76.8 Å². The lowest BCUT2D eigenvalue weighted by atomic mass is 10.1. The molecule has 0 aromatic heterocycles. The van der Waals surface area contributed by atoms with Crippen LogP contribution >= 0.6 is 11.6 Å². The van der Waals surface area contributed by atoms with Crippen molar-refractivity contribution in [3.05, 3.63) is 69.5 Å². The Balaban J connectivity index is 0.00000146. The minimum Gasteiger partial charge on any atom is -0.382 e. The number of hydrogen-bond donors (Lipinski definition) is 2. The van der Waals surface area contributed by atoms with Crippen LogP contribution in [0.15, 0.2) is 46.6 Å². The SMILES string of the molecule is CC.CC.Cc1cccc(F)c1/C(N)=N/N=C(\N)c1c(C)cccc1Cl. The van der Waals surface area contributed by atoms with E-state index in [-0.39, 0.29) is 17.2 Å². The first-order valence-electron chi connectivity index (χ1n) is 8.59. The predicted molar refractivity (Wildman–Crippen MR) is 111 cm³/mol. The van der Waals surface area contributed by atoms with Crippen molar-refractivity contribution in [1.82, 2.24) is 0 Å². The summed E-state index contributed by atoms with van der Waals surface area (Å²) in [7, 11) is 0. The van der Waals surface area contributed by atoms with Gasteiger partial charge in [-0.2, -0.15) is 0 Å². The molecule has 0 saturated heterocycles. The highest BCUT2D eigenvalue weighted by Crippen LogP contribution is 2.19. The van der Waals surface area contributed by atoms with Crippen molar-refractivity contribution in [1.29, 1.82) is 0 Å². The average molecular weight is 379 g/mol. The van der Waals surface area contributed by atoms with Crippen LogP contribution in [0.4, 0.5) is 4.39 Å². The highest BCUT2D eigenvalue weighted by atomic mass is 35.5. The second-order valence-corrected chi connectivity index (χ2v) is 5.24. The molecule has 2 rings (SSSR count). The number of nitrogens with two attached hydrogens (primary N) is 2. The minimum absolute atomic E-state index is 0.0387. The molecule has 0 spiro atoms. The number of nitrogens with zero attached hydrogens (tertiary/aromatic N) is 2. The molecule has 0 bridgehead atoms. The lowest BCUT2D eigenvalue weighted by Crippen LogP contribution is -2.19. The molecule has 0 aliphatic carbocycles. The molecular weight excluding hydrogens is 351 g/mol. The maximum Gasteiger partial charge on any atom is 0.156 e. The Morgan fingerprint density at radius 2 is 1.23 bits per heavy atom. The quantitative estimate of drug-likeness (QED) is 0.439. The third kappa shape index (κ3) is 6.15. The van der Waals surface area contributed by atoms with E-state index in [1.54, 1.807) is 25.1 Å². The van der Waals surface area contributed by atoms with Gasteiger partial charge in [0.2, 0.25) is 0 Å². The highest BCUT2D eigenvalue weighted by molar-refractivity contribution is 6.34. The van der Waals surface area contributed by atoms with Gasteiger partial charge in [0.1, 0.15) is 5.82 Å². The van der Waals surface area contributed by atoms with Crippen LogP contribution in [0.25, 0.3) is 0 Å². The third-order valence-corrected chi connectivity index (χ3v) is 3.54. The van der Waals surface area contributed by atoms with E-state index >= 15 is 0 Å². The standard InChI is InChI=1S/C16H16ClFN4.2C2H6/c1-9-5-3-7-11(17)13(9)15(19)21-22-16(20)14-10(2)6-4-8-12(14)18;2*1-2/h3-8H,1-2H3,(H2,19,21)(H2,20,22);2*1-2H3. The van der Waals surface area contributed by atoms with Crippen LogP contribution in [0, 0.1) is 19.7 Å². The van der Waals surface area contributed by atoms with Crippen molar-refractivity contribution in [3.63, 3.8) is 0 Å². The van der Waals surface area contributed by atoms with E-state index < -0.39 is 5.82 Å². The van der Waals surface area contributed by atoms with Gasteiger partial charge in [0.05, 0.1) is 10.6 Å². The number of hydrogen-bond acceptors (Lipinski definition) is 2. The Morgan fingerprint density at radius 1 is 0.808 bits per heavy atom. The fourth-order valence-electron chi connectivity index (χ4n) is 2.12. The second-order valence-electron chi connectivity index (χ2n) is 4.83. The van der Waals surface area contributed by atoms with E-state index in [2.05, 4.69) is 10.2 Å². The molecule has 0 unspecified atom stereocenters. The predicted octanol–water partition coefficient (Wildman–Crippen LogP) is 5.17. The first-order chi connectivity index (χ1) is 12.4. The van der Waals surface area contributed by atoms with Crippen LogP contribution in [0.3, 0.4) is 0 Å². The summed E-state index contributed by atoms with van der Waals surface area (Å²) in [6.07, 6.45) is 0. The normalized spacial score (nSPS) is 11.1. The zero-order valence-corrected chi connectivity index (χ0v) is 17.0. The summed E-state index contributed by atoms with van der Waals surface area (Å²) < 4.78 is 13.8. The Hall–Kier alpha value is -2.40. The van der Waals surface area contributed by atoms with E-state index in [0.717, 1.165) is 5.56 Å². The maximum absolute atomic E-state index is 13.8. The molecule has 0 aliphatic heterocycles. The van der Waals surface area contributed by atoms with Gasteiger partial charge in [-0.25, -0.2) is 4.39 Å². The van der Waals surface area contributed by atoms with Crippen LogP contribution in [0.5, 0.6) is 0 Å². The molecule has 2 aromatic carbocycles. The van der Waals surface area contributed by atoms with E-state index in [0.29, 0.717) is 16.1 Å². The van der Waals surface area contributed by atoms with Gasteiger partial charge in [-0.15, -0.1) is 10.2 Å². The van der Waals surface area contributed by atoms with Crippen molar-refractivity contribution >= 4 is 23.3 Å². The molecule has 2 aromatic rings. The number of aryl methyl sites for hydroxylation is 2. The molecule has 0 amide bonds. The fourth-order valence-corrected chi connectivity index (χ4v) is 2.44. The molecule has 26 heavy (non-hydrogen) atoms. The van der Waals surface area contributed by atoms with Gasteiger partial charge >= 0.3 is 0 Å². The zero-order valence-electron chi connectivity index (χ0n) is 16.3. The van der Waals surface area contributed by atoms with Crippen LogP contribution in [-0.4, -0.2) is 11.7 Å². The molecule has 0 fully saturated rings. The van der Waals surface area contributed by atoms with Gasteiger partial charge in [-0.1, -0.05) is 63.6 Å². The first kappa shape index (κ1) is 23.6. The van der Waals surface area contributed by atoms with Crippen molar-refractivity contribution in [2.75, 3.05) is 0 Å². The van der Waals surface area contributed by atoms with E-state index in [4.69, 9.17) is 23.1 Å². The summed E-state index contributed by atoms with van der Waals surface area (Å²) in [5.41, 5.74) is 14.1. The Labute approximate surface area is 160 Å². The molecule has 0 saturated carbocycles. The molecular formula is C20H28ClFN4. The van der Waals surface area contributed by atoms with Gasteiger partial charge in [0.15, 0.2) is 11.7 Å². The number of halogens is 2. The first-order valence-corrected chi connectivity index (χ1v) is 8.97. The molecule has 0 radical (unpaired) electrons. The molecule has 142 valence electrons. The van der Waals surface area contributed by atoms with Gasteiger partial charge in [0.25, 0.3) is 0 Å². The van der Waals surface area contributed by atoms with Crippen LogP contribution in [0.1, 0.15) is 49.9 Å².